The highest BCUT2D eigenvalue weighted by Gasteiger charge is 2.15. The first-order valence-electron chi connectivity index (χ1n) is 8.89. The molecular weight excluding hydrogens is 342 g/mol. The van der Waals surface area contributed by atoms with E-state index in [2.05, 4.69) is 66.4 Å². The minimum atomic E-state index is 0.207. The molecule has 1 atom stereocenters. The van der Waals surface area contributed by atoms with Crippen LogP contribution in [-0.4, -0.2) is 15.3 Å². The van der Waals surface area contributed by atoms with Crippen molar-refractivity contribution in [1.29, 1.82) is 0 Å². The molecule has 136 valence electrons. The summed E-state index contributed by atoms with van der Waals surface area (Å²) in [4.78, 5) is 16.1. The van der Waals surface area contributed by atoms with Gasteiger partial charge in [0.15, 0.2) is 5.13 Å². The number of Topliss-reactive ketones (excluding diaryl/α,β-unsaturated/α-hetero) is 1. The van der Waals surface area contributed by atoms with Crippen molar-refractivity contribution in [2.45, 2.75) is 46.7 Å². The van der Waals surface area contributed by atoms with Crippen molar-refractivity contribution in [2.24, 2.45) is 0 Å². The van der Waals surface area contributed by atoms with Crippen molar-refractivity contribution in [3.63, 3.8) is 0 Å². The van der Waals surface area contributed by atoms with E-state index >= 15 is 0 Å². The van der Waals surface area contributed by atoms with Gasteiger partial charge in [0.25, 0.3) is 0 Å². The Bertz CT molecular complexity index is 895. The molecule has 1 N–H and O–H groups in total. The number of rotatable bonds is 7. The van der Waals surface area contributed by atoms with Gasteiger partial charge in [0.1, 0.15) is 5.78 Å². The number of aryl methyl sites for hydroxylation is 1. The van der Waals surface area contributed by atoms with Gasteiger partial charge in [-0.1, -0.05) is 30.3 Å². The van der Waals surface area contributed by atoms with Crippen LogP contribution >= 0.6 is 11.3 Å². The maximum Gasteiger partial charge on any atom is 0.183 e. The minimum Gasteiger partial charge on any atom is -0.355 e. The van der Waals surface area contributed by atoms with Gasteiger partial charge in [-0.3, -0.25) is 4.79 Å². The predicted octanol–water partition coefficient (Wildman–Crippen LogP) is 5.38. The molecule has 0 spiro atoms. The Labute approximate surface area is 158 Å². The number of hydrogen-bond acceptors (Lipinski definition) is 4. The van der Waals surface area contributed by atoms with Crippen molar-refractivity contribution in [3.8, 4) is 11.3 Å². The molecule has 0 fully saturated rings. The minimum absolute atomic E-state index is 0.207. The number of aromatic nitrogens is 2. The number of carbonyl (C=O) groups excluding carboxylic acids is 1. The lowest BCUT2D eigenvalue weighted by molar-refractivity contribution is -0.117. The molecule has 0 aliphatic heterocycles. The lowest BCUT2D eigenvalue weighted by Gasteiger charge is -2.12. The largest absolute Gasteiger partial charge is 0.355 e. The fourth-order valence-corrected chi connectivity index (χ4v) is 3.95. The maximum atomic E-state index is 11.3. The monoisotopic (exact) mass is 367 g/mol. The van der Waals surface area contributed by atoms with Gasteiger partial charge in [0.2, 0.25) is 0 Å². The summed E-state index contributed by atoms with van der Waals surface area (Å²) in [5.74, 6) is 0.217. The molecule has 4 nitrogen and oxygen atoms in total. The fraction of sp³-hybridized carbons (Fsp3) is 0.333. The van der Waals surface area contributed by atoms with E-state index in [1.807, 2.05) is 6.07 Å². The highest BCUT2D eigenvalue weighted by Crippen LogP contribution is 2.31. The number of carbonyl (C=O) groups is 1. The zero-order valence-corrected chi connectivity index (χ0v) is 16.6. The van der Waals surface area contributed by atoms with Gasteiger partial charge in [-0.05, 0) is 39.3 Å². The van der Waals surface area contributed by atoms with E-state index in [-0.39, 0.29) is 11.8 Å². The van der Waals surface area contributed by atoms with Crippen LogP contribution in [0.1, 0.15) is 43.3 Å². The van der Waals surface area contributed by atoms with Crippen molar-refractivity contribution in [1.82, 2.24) is 9.55 Å². The van der Waals surface area contributed by atoms with E-state index in [1.54, 1.807) is 18.3 Å². The van der Waals surface area contributed by atoms with Crippen LogP contribution in [0.5, 0.6) is 0 Å². The average Bonchev–Trinajstić information content (AvgIpc) is 3.18. The second kappa shape index (κ2) is 7.87. The van der Waals surface area contributed by atoms with Crippen LogP contribution in [0.2, 0.25) is 0 Å². The van der Waals surface area contributed by atoms with Gasteiger partial charge < -0.3 is 9.88 Å². The average molecular weight is 368 g/mol. The third kappa shape index (κ3) is 4.05. The summed E-state index contributed by atoms with van der Waals surface area (Å²) in [7, 11) is 0. The van der Waals surface area contributed by atoms with Crippen LogP contribution in [0.25, 0.3) is 11.3 Å². The molecule has 0 bridgehead atoms. The van der Waals surface area contributed by atoms with Gasteiger partial charge in [0.05, 0.1) is 11.7 Å². The molecule has 1 unspecified atom stereocenters. The second-order valence-electron chi connectivity index (χ2n) is 6.70. The molecule has 2 heterocycles. The molecule has 0 amide bonds. The van der Waals surface area contributed by atoms with Crippen LogP contribution in [0, 0.1) is 13.8 Å². The molecule has 0 saturated carbocycles. The standard InChI is InChI=1S/C21H25N3OS/c1-14-12-19(17(4)24(14)11-10-15(2)25)20-13-26-21(23-20)22-16(3)18-8-6-5-7-9-18/h5-9,12-13,16H,10-11H2,1-4H3,(H,22,23). The number of anilines is 1. The van der Waals surface area contributed by atoms with Crippen LogP contribution in [-0.2, 0) is 11.3 Å². The van der Waals surface area contributed by atoms with Gasteiger partial charge in [0, 0.05) is 35.3 Å². The summed E-state index contributed by atoms with van der Waals surface area (Å²) in [6.45, 7) is 8.69. The number of benzene rings is 1. The second-order valence-corrected chi connectivity index (χ2v) is 7.56. The number of nitrogens with one attached hydrogen (secondary N) is 1. The molecule has 0 aliphatic carbocycles. The van der Waals surface area contributed by atoms with E-state index in [0.717, 1.165) is 28.6 Å². The summed E-state index contributed by atoms with van der Waals surface area (Å²) < 4.78 is 2.20. The Morgan fingerprint density at radius 2 is 2.00 bits per heavy atom. The predicted molar refractivity (Wildman–Crippen MR) is 109 cm³/mol. The molecule has 0 aliphatic rings. The number of nitrogens with zero attached hydrogens (tertiary/aromatic N) is 2. The number of hydrogen-bond donors (Lipinski definition) is 1. The Kier molecular flexibility index (Phi) is 5.57. The highest BCUT2D eigenvalue weighted by atomic mass is 32.1. The summed E-state index contributed by atoms with van der Waals surface area (Å²) in [5.41, 5.74) is 5.70. The molecule has 0 saturated heterocycles. The number of ketones is 1. The first-order valence-corrected chi connectivity index (χ1v) is 9.77. The van der Waals surface area contributed by atoms with E-state index in [9.17, 15) is 4.79 Å². The van der Waals surface area contributed by atoms with E-state index in [1.165, 1.54) is 11.3 Å². The van der Waals surface area contributed by atoms with Crippen LogP contribution < -0.4 is 5.32 Å². The maximum absolute atomic E-state index is 11.3. The summed E-state index contributed by atoms with van der Waals surface area (Å²) in [6, 6.07) is 12.7. The van der Waals surface area contributed by atoms with Crippen molar-refractivity contribution >= 4 is 22.3 Å². The summed E-state index contributed by atoms with van der Waals surface area (Å²) in [6.07, 6.45) is 0.564. The summed E-state index contributed by atoms with van der Waals surface area (Å²) >= 11 is 1.62. The molecule has 3 aromatic rings. The molecule has 1 aromatic carbocycles. The molecular formula is C21H25N3OS. The molecule has 26 heavy (non-hydrogen) atoms. The molecule has 5 heteroatoms. The van der Waals surface area contributed by atoms with Crippen molar-refractivity contribution < 1.29 is 4.79 Å². The van der Waals surface area contributed by atoms with Crippen molar-refractivity contribution in [2.75, 3.05) is 5.32 Å². The Balaban J connectivity index is 1.77. The highest BCUT2D eigenvalue weighted by molar-refractivity contribution is 7.14. The van der Waals surface area contributed by atoms with Crippen LogP contribution in [0.4, 0.5) is 5.13 Å². The Morgan fingerprint density at radius 3 is 2.69 bits per heavy atom. The van der Waals surface area contributed by atoms with Gasteiger partial charge in [-0.2, -0.15) is 0 Å². The van der Waals surface area contributed by atoms with Crippen LogP contribution in [0.3, 0.4) is 0 Å². The SMILES string of the molecule is CC(=O)CCn1c(C)cc(-c2csc(NC(C)c3ccccc3)n2)c1C. The molecule has 3 rings (SSSR count). The van der Waals surface area contributed by atoms with Crippen molar-refractivity contribution in [3.05, 3.63) is 58.7 Å². The zero-order valence-electron chi connectivity index (χ0n) is 15.7. The van der Waals surface area contributed by atoms with E-state index < -0.39 is 0 Å². The number of thiazole rings is 1. The lowest BCUT2D eigenvalue weighted by Crippen LogP contribution is -2.06. The smallest absolute Gasteiger partial charge is 0.183 e. The lowest BCUT2D eigenvalue weighted by atomic mass is 10.1. The topological polar surface area (TPSA) is 46.9 Å². The third-order valence-corrected chi connectivity index (χ3v) is 5.45. The quantitative estimate of drug-likeness (QED) is 0.610. The normalized spacial score (nSPS) is 12.2. The van der Waals surface area contributed by atoms with E-state index in [0.29, 0.717) is 6.42 Å². The Morgan fingerprint density at radius 1 is 1.27 bits per heavy atom. The zero-order chi connectivity index (χ0) is 18.7. The Hall–Kier alpha value is -2.40. The molecule has 2 aromatic heterocycles. The van der Waals surface area contributed by atoms with Gasteiger partial charge in [-0.25, -0.2) is 4.98 Å². The fourth-order valence-electron chi connectivity index (χ4n) is 3.15. The third-order valence-electron chi connectivity index (χ3n) is 4.68. The van der Waals surface area contributed by atoms with Gasteiger partial charge in [-0.15, -0.1) is 11.3 Å². The van der Waals surface area contributed by atoms with Crippen LogP contribution in [0.15, 0.2) is 41.8 Å². The van der Waals surface area contributed by atoms with E-state index in [4.69, 9.17) is 4.98 Å². The summed E-state index contributed by atoms with van der Waals surface area (Å²) in [5, 5.41) is 6.50. The first-order chi connectivity index (χ1) is 12.5. The molecule has 0 radical (unpaired) electrons. The van der Waals surface area contributed by atoms with Gasteiger partial charge >= 0.3 is 0 Å². The first kappa shape index (κ1) is 18.4.